The lowest BCUT2D eigenvalue weighted by molar-refractivity contribution is -0.151. The lowest BCUT2D eigenvalue weighted by atomic mass is 9.89. The fourth-order valence-electron chi connectivity index (χ4n) is 4.83. The number of Topliss-reactive ketones (excluding diaryl/α,β-unsaturated/α-hetero) is 1. The van der Waals surface area contributed by atoms with Crippen molar-refractivity contribution in [2.75, 3.05) is 38.3 Å². The quantitative estimate of drug-likeness (QED) is 0.306. The Morgan fingerprint density at radius 1 is 0.951 bits per heavy atom. The molecule has 0 radical (unpaired) electrons. The van der Waals surface area contributed by atoms with Crippen molar-refractivity contribution < 1.29 is 28.6 Å². The van der Waals surface area contributed by atoms with E-state index in [0.29, 0.717) is 26.1 Å². The molecule has 3 rings (SSSR count). The number of nitrogens with zero attached hydrogens (tertiary/aromatic N) is 2. The molecule has 41 heavy (non-hydrogen) atoms. The summed E-state index contributed by atoms with van der Waals surface area (Å²) in [5.41, 5.74) is 2.24. The summed E-state index contributed by atoms with van der Waals surface area (Å²) in [4.78, 5) is 43.7. The number of morpholine rings is 1. The van der Waals surface area contributed by atoms with Gasteiger partial charge in [-0.15, -0.1) is 0 Å². The van der Waals surface area contributed by atoms with Crippen LogP contribution in [0, 0.1) is 11.8 Å². The standard InChI is InChI=1S/C33H46N2O6/c1-24(2)20-29(34(6)32(38)41-33(3,4)5)30(36)22-27(31(37)40-23-26-10-8-7-9-11-26)21-25-12-14-28(15-13-25)35-16-18-39-19-17-35/h7-15,24,27,29H,16-23H2,1-6H3/t27-,29-/m0/s1. The molecule has 8 heteroatoms. The van der Waals surface area contributed by atoms with E-state index in [9.17, 15) is 14.4 Å². The summed E-state index contributed by atoms with van der Waals surface area (Å²) in [5, 5.41) is 0. The molecule has 0 N–H and O–H groups in total. The molecule has 0 aliphatic carbocycles. The first kappa shape index (κ1) is 32.1. The second-order valence-electron chi connectivity index (χ2n) is 12.2. The van der Waals surface area contributed by atoms with Crippen LogP contribution in [0.2, 0.25) is 0 Å². The normalized spacial score (nSPS) is 15.2. The zero-order valence-corrected chi connectivity index (χ0v) is 25.4. The fraction of sp³-hybridized carbons (Fsp3) is 0.545. The van der Waals surface area contributed by atoms with E-state index in [1.54, 1.807) is 27.8 Å². The molecule has 2 atom stereocenters. The Balaban J connectivity index is 1.78. The molecule has 1 amide bonds. The molecule has 1 fully saturated rings. The van der Waals surface area contributed by atoms with Gasteiger partial charge < -0.3 is 24.0 Å². The van der Waals surface area contributed by atoms with Gasteiger partial charge in [-0.05, 0) is 62.8 Å². The van der Waals surface area contributed by atoms with Crippen molar-refractivity contribution in [3.63, 3.8) is 0 Å². The van der Waals surface area contributed by atoms with Gasteiger partial charge in [0.1, 0.15) is 12.2 Å². The van der Waals surface area contributed by atoms with Gasteiger partial charge in [0.25, 0.3) is 0 Å². The maximum Gasteiger partial charge on any atom is 0.410 e. The number of amides is 1. The number of rotatable bonds is 12. The van der Waals surface area contributed by atoms with E-state index in [0.717, 1.165) is 29.9 Å². The highest BCUT2D eigenvalue weighted by Crippen LogP contribution is 2.24. The zero-order chi connectivity index (χ0) is 30.0. The summed E-state index contributed by atoms with van der Waals surface area (Å²) >= 11 is 0. The van der Waals surface area contributed by atoms with Crippen molar-refractivity contribution in [2.45, 2.75) is 72.1 Å². The Bertz CT molecular complexity index is 1120. The van der Waals surface area contributed by atoms with Gasteiger partial charge in [0.15, 0.2) is 5.78 Å². The number of carbonyl (C=O) groups excluding carboxylic acids is 3. The van der Waals surface area contributed by atoms with Crippen LogP contribution in [0.4, 0.5) is 10.5 Å². The van der Waals surface area contributed by atoms with Gasteiger partial charge in [-0.25, -0.2) is 4.79 Å². The number of anilines is 1. The minimum absolute atomic E-state index is 0.0383. The van der Waals surface area contributed by atoms with E-state index in [-0.39, 0.29) is 24.7 Å². The summed E-state index contributed by atoms with van der Waals surface area (Å²) < 4.78 is 16.7. The molecule has 0 saturated carbocycles. The Morgan fingerprint density at radius 2 is 1.59 bits per heavy atom. The van der Waals surface area contributed by atoms with Crippen molar-refractivity contribution in [1.82, 2.24) is 4.90 Å². The number of likely N-dealkylation sites (N-methyl/N-ethyl adjacent to an activating group) is 1. The summed E-state index contributed by atoms with van der Waals surface area (Å²) in [5.74, 6) is -1.14. The van der Waals surface area contributed by atoms with Gasteiger partial charge in [-0.1, -0.05) is 56.3 Å². The molecular weight excluding hydrogens is 520 g/mol. The van der Waals surface area contributed by atoms with Crippen molar-refractivity contribution in [2.24, 2.45) is 11.8 Å². The first-order valence-corrected chi connectivity index (χ1v) is 14.5. The minimum atomic E-state index is -0.710. The molecule has 1 aliphatic rings. The molecule has 0 aromatic heterocycles. The third-order valence-corrected chi connectivity index (χ3v) is 7.01. The monoisotopic (exact) mass is 566 g/mol. The van der Waals surface area contributed by atoms with E-state index in [2.05, 4.69) is 4.90 Å². The molecule has 2 aromatic carbocycles. The van der Waals surface area contributed by atoms with Crippen LogP contribution in [-0.4, -0.2) is 67.7 Å². The van der Waals surface area contributed by atoms with E-state index < -0.39 is 29.6 Å². The van der Waals surface area contributed by atoms with Crippen LogP contribution in [0.3, 0.4) is 0 Å². The smallest absolute Gasteiger partial charge is 0.410 e. The number of esters is 1. The molecule has 1 aliphatic heterocycles. The van der Waals surface area contributed by atoms with Crippen LogP contribution >= 0.6 is 0 Å². The van der Waals surface area contributed by atoms with E-state index in [4.69, 9.17) is 14.2 Å². The molecule has 224 valence electrons. The van der Waals surface area contributed by atoms with Gasteiger partial charge in [0.2, 0.25) is 0 Å². The Labute approximate surface area is 244 Å². The second-order valence-corrected chi connectivity index (χ2v) is 12.2. The highest BCUT2D eigenvalue weighted by molar-refractivity contribution is 5.90. The van der Waals surface area contributed by atoms with Crippen LogP contribution in [0.1, 0.15) is 58.6 Å². The van der Waals surface area contributed by atoms with Crippen molar-refractivity contribution in [3.05, 3.63) is 65.7 Å². The topological polar surface area (TPSA) is 85.4 Å². The predicted octanol–water partition coefficient (Wildman–Crippen LogP) is 5.67. The van der Waals surface area contributed by atoms with E-state index >= 15 is 0 Å². The molecule has 0 spiro atoms. The predicted molar refractivity (Wildman–Crippen MR) is 160 cm³/mol. The minimum Gasteiger partial charge on any atom is -0.461 e. The molecule has 1 heterocycles. The fourth-order valence-corrected chi connectivity index (χ4v) is 4.83. The summed E-state index contributed by atoms with van der Waals surface area (Å²) in [6.45, 7) is 12.6. The van der Waals surface area contributed by atoms with Crippen LogP contribution in [0.25, 0.3) is 0 Å². The van der Waals surface area contributed by atoms with Gasteiger partial charge in [0.05, 0.1) is 25.2 Å². The maximum atomic E-state index is 13.8. The van der Waals surface area contributed by atoms with Crippen LogP contribution in [-0.2, 0) is 36.8 Å². The SMILES string of the molecule is CC(C)C[C@@H](C(=O)C[C@H](Cc1ccc(N2CCOCC2)cc1)C(=O)OCc1ccccc1)N(C)C(=O)OC(C)(C)C. The van der Waals surface area contributed by atoms with Crippen LogP contribution in [0.15, 0.2) is 54.6 Å². The number of hydrogen-bond acceptors (Lipinski definition) is 7. The summed E-state index contributed by atoms with van der Waals surface area (Å²) in [7, 11) is 1.59. The molecule has 1 saturated heterocycles. The number of hydrogen-bond donors (Lipinski definition) is 0. The Morgan fingerprint density at radius 3 is 2.17 bits per heavy atom. The molecular formula is C33H46N2O6. The van der Waals surface area contributed by atoms with Gasteiger partial charge in [-0.3, -0.25) is 9.59 Å². The average molecular weight is 567 g/mol. The summed E-state index contributed by atoms with van der Waals surface area (Å²) in [6.07, 6.45) is 0.226. The summed E-state index contributed by atoms with van der Waals surface area (Å²) in [6, 6.07) is 16.9. The average Bonchev–Trinajstić information content (AvgIpc) is 2.94. The van der Waals surface area contributed by atoms with Gasteiger partial charge >= 0.3 is 12.1 Å². The van der Waals surface area contributed by atoms with Crippen molar-refractivity contribution >= 4 is 23.5 Å². The first-order valence-electron chi connectivity index (χ1n) is 14.5. The molecule has 0 unspecified atom stereocenters. The highest BCUT2D eigenvalue weighted by atomic mass is 16.6. The van der Waals surface area contributed by atoms with E-state index in [1.807, 2.05) is 68.4 Å². The number of ketones is 1. The molecule has 2 aromatic rings. The molecule has 0 bridgehead atoms. The Kier molecular flexibility index (Phi) is 11.8. The van der Waals surface area contributed by atoms with Gasteiger partial charge in [-0.2, -0.15) is 0 Å². The first-order chi connectivity index (χ1) is 19.4. The number of carbonyl (C=O) groups is 3. The number of ether oxygens (including phenoxy) is 3. The lowest BCUT2D eigenvalue weighted by Gasteiger charge is -2.31. The third kappa shape index (κ3) is 10.5. The Hall–Kier alpha value is -3.39. The largest absolute Gasteiger partial charge is 0.461 e. The third-order valence-electron chi connectivity index (χ3n) is 7.01. The lowest BCUT2D eigenvalue weighted by Crippen LogP contribution is -2.46. The van der Waals surface area contributed by atoms with Crippen LogP contribution in [0.5, 0.6) is 0 Å². The zero-order valence-electron chi connectivity index (χ0n) is 25.4. The van der Waals surface area contributed by atoms with Crippen LogP contribution < -0.4 is 4.90 Å². The second kappa shape index (κ2) is 15.0. The van der Waals surface area contributed by atoms with Crippen molar-refractivity contribution in [3.8, 4) is 0 Å². The van der Waals surface area contributed by atoms with Gasteiger partial charge in [0, 0.05) is 32.2 Å². The number of benzene rings is 2. The highest BCUT2D eigenvalue weighted by Gasteiger charge is 2.34. The van der Waals surface area contributed by atoms with Crippen molar-refractivity contribution in [1.29, 1.82) is 0 Å². The maximum absolute atomic E-state index is 13.8. The molecule has 8 nitrogen and oxygen atoms in total. The van der Waals surface area contributed by atoms with E-state index in [1.165, 1.54) is 4.90 Å².